The van der Waals surface area contributed by atoms with E-state index in [1.165, 1.54) is 0 Å². The van der Waals surface area contributed by atoms with Crippen LogP contribution in [-0.4, -0.2) is 21.2 Å². The molecule has 0 radical (unpaired) electrons. The highest BCUT2D eigenvalue weighted by molar-refractivity contribution is 6.32. The lowest BCUT2D eigenvalue weighted by atomic mass is 10.1. The van der Waals surface area contributed by atoms with Gasteiger partial charge in [-0.3, -0.25) is 4.79 Å². The van der Waals surface area contributed by atoms with Crippen molar-refractivity contribution in [1.29, 1.82) is 0 Å². The Labute approximate surface area is 129 Å². The van der Waals surface area contributed by atoms with Crippen LogP contribution < -0.4 is 11.1 Å². The molecule has 0 atom stereocenters. The Morgan fingerprint density at radius 3 is 2.67 bits per heavy atom. The number of halogens is 1. The maximum absolute atomic E-state index is 11.2. The third-order valence-electron chi connectivity index (χ3n) is 2.95. The maximum Gasteiger partial charge on any atom is 0.269 e. The van der Waals surface area contributed by atoms with Crippen molar-refractivity contribution < 1.29 is 4.79 Å². The minimum Gasteiger partial charge on any atom is -0.364 e. The van der Waals surface area contributed by atoms with Gasteiger partial charge in [-0.25, -0.2) is 4.68 Å². The van der Waals surface area contributed by atoms with Crippen LogP contribution in [0.3, 0.4) is 0 Å². The number of hydrogen-bond acceptors (Lipinski definition) is 3. The Hall–Kier alpha value is -1.85. The second-order valence-corrected chi connectivity index (χ2v) is 6.27. The molecule has 21 heavy (non-hydrogen) atoms. The van der Waals surface area contributed by atoms with Crippen LogP contribution in [0, 0.1) is 0 Å². The highest BCUT2D eigenvalue weighted by Gasteiger charge is 2.15. The lowest BCUT2D eigenvalue weighted by Gasteiger charge is -2.22. The first-order valence-electron chi connectivity index (χ1n) is 6.66. The van der Waals surface area contributed by atoms with Crippen molar-refractivity contribution >= 4 is 17.5 Å². The largest absolute Gasteiger partial charge is 0.364 e. The van der Waals surface area contributed by atoms with Crippen LogP contribution in [0.5, 0.6) is 0 Å². The van der Waals surface area contributed by atoms with E-state index in [1.54, 1.807) is 23.0 Å². The Bertz CT molecular complexity index is 658. The summed E-state index contributed by atoms with van der Waals surface area (Å²) in [6.45, 7) is 6.92. The summed E-state index contributed by atoms with van der Waals surface area (Å²) in [4.78, 5) is 11.2. The molecule has 0 spiro atoms. The Balaban J connectivity index is 2.39. The summed E-state index contributed by atoms with van der Waals surface area (Å²) in [5.74, 6) is -0.560. The fraction of sp³-hybridized carbons (Fsp3) is 0.333. The molecule has 112 valence electrons. The van der Waals surface area contributed by atoms with Gasteiger partial charge in [-0.15, -0.1) is 0 Å². The van der Waals surface area contributed by atoms with Gasteiger partial charge in [0.1, 0.15) is 5.69 Å². The number of rotatable bonds is 4. The molecule has 1 aromatic heterocycles. The summed E-state index contributed by atoms with van der Waals surface area (Å²) in [5.41, 5.74) is 7.19. The zero-order chi connectivity index (χ0) is 15.6. The summed E-state index contributed by atoms with van der Waals surface area (Å²) >= 11 is 6.30. The van der Waals surface area contributed by atoms with E-state index in [-0.39, 0.29) is 11.2 Å². The van der Waals surface area contributed by atoms with Crippen LogP contribution in [0.25, 0.3) is 5.69 Å². The van der Waals surface area contributed by atoms with Crippen molar-refractivity contribution in [2.75, 3.05) is 0 Å². The first kappa shape index (κ1) is 15.5. The fourth-order valence-electron chi connectivity index (χ4n) is 1.90. The molecular formula is C15H19ClN4O. The third kappa shape index (κ3) is 3.83. The van der Waals surface area contributed by atoms with Crippen molar-refractivity contribution in [3.8, 4) is 5.69 Å². The molecule has 1 heterocycles. The summed E-state index contributed by atoms with van der Waals surface area (Å²) in [6.07, 6.45) is 1.68. The van der Waals surface area contributed by atoms with Crippen molar-refractivity contribution in [2.45, 2.75) is 32.9 Å². The van der Waals surface area contributed by atoms with E-state index < -0.39 is 5.91 Å². The van der Waals surface area contributed by atoms with E-state index in [0.29, 0.717) is 11.6 Å². The standard InChI is InChI=1S/C15H19ClN4O/c1-15(2,3)18-9-10-5-4-6-11(16)13(10)20-8-7-12(19-20)14(17)21/h4-8,18H,9H2,1-3H3,(H2,17,21). The molecule has 1 aromatic carbocycles. The number of aromatic nitrogens is 2. The summed E-state index contributed by atoms with van der Waals surface area (Å²) in [7, 11) is 0. The van der Waals surface area contributed by atoms with Crippen LogP contribution >= 0.6 is 11.6 Å². The van der Waals surface area contributed by atoms with Crippen LogP contribution in [0.4, 0.5) is 0 Å². The number of nitrogens with two attached hydrogens (primary N) is 1. The second kappa shape index (κ2) is 5.87. The third-order valence-corrected chi connectivity index (χ3v) is 3.26. The van der Waals surface area contributed by atoms with Crippen molar-refractivity contribution in [3.05, 3.63) is 46.7 Å². The molecule has 0 saturated heterocycles. The number of amides is 1. The quantitative estimate of drug-likeness (QED) is 0.911. The second-order valence-electron chi connectivity index (χ2n) is 5.86. The van der Waals surface area contributed by atoms with E-state index in [1.807, 2.05) is 12.1 Å². The molecule has 0 aliphatic heterocycles. The Morgan fingerprint density at radius 1 is 1.38 bits per heavy atom. The number of carbonyl (C=O) groups excluding carboxylic acids is 1. The van der Waals surface area contributed by atoms with E-state index in [4.69, 9.17) is 17.3 Å². The van der Waals surface area contributed by atoms with Gasteiger partial charge in [0, 0.05) is 18.3 Å². The molecule has 0 fully saturated rings. The average molecular weight is 307 g/mol. The van der Waals surface area contributed by atoms with Gasteiger partial charge < -0.3 is 11.1 Å². The summed E-state index contributed by atoms with van der Waals surface area (Å²) in [6, 6.07) is 7.24. The molecule has 0 unspecified atom stereocenters. The lowest BCUT2D eigenvalue weighted by Crippen LogP contribution is -2.35. The van der Waals surface area contributed by atoms with Crippen molar-refractivity contribution in [3.63, 3.8) is 0 Å². The van der Waals surface area contributed by atoms with Gasteiger partial charge >= 0.3 is 0 Å². The first-order valence-corrected chi connectivity index (χ1v) is 7.04. The SMILES string of the molecule is CC(C)(C)NCc1cccc(Cl)c1-n1ccc(C(N)=O)n1. The van der Waals surface area contributed by atoms with E-state index in [0.717, 1.165) is 11.3 Å². The van der Waals surface area contributed by atoms with E-state index in [2.05, 4.69) is 31.2 Å². The monoisotopic (exact) mass is 306 g/mol. The Morgan fingerprint density at radius 2 is 2.10 bits per heavy atom. The smallest absolute Gasteiger partial charge is 0.269 e. The zero-order valence-corrected chi connectivity index (χ0v) is 13.1. The summed E-state index contributed by atoms with van der Waals surface area (Å²) < 4.78 is 1.59. The van der Waals surface area contributed by atoms with Crippen LogP contribution in [0.1, 0.15) is 36.8 Å². The minimum atomic E-state index is -0.560. The summed E-state index contributed by atoms with van der Waals surface area (Å²) in [5, 5.41) is 8.16. The molecule has 0 aliphatic carbocycles. The highest BCUT2D eigenvalue weighted by atomic mass is 35.5. The number of primary amides is 1. The van der Waals surface area contributed by atoms with Crippen LogP contribution in [0.2, 0.25) is 5.02 Å². The first-order chi connectivity index (χ1) is 9.78. The normalized spacial score (nSPS) is 11.6. The van der Waals surface area contributed by atoms with Gasteiger partial charge in [0.15, 0.2) is 0 Å². The Kier molecular flexibility index (Phi) is 4.34. The number of nitrogens with zero attached hydrogens (tertiary/aromatic N) is 2. The van der Waals surface area contributed by atoms with Crippen LogP contribution in [-0.2, 0) is 6.54 Å². The molecular weight excluding hydrogens is 288 g/mol. The van der Waals surface area contributed by atoms with Gasteiger partial charge in [0.2, 0.25) is 0 Å². The van der Waals surface area contributed by atoms with E-state index in [9.17, 15) is 4.79 Å². The number of hydrogen-bond donors (Lipinski definition) is 2. The van der Waals surface area contributed by atoms with E-state index >= 15 is 0 Å². The molecule has 0 saturated carbocycles. The highest BCUT2D eigenvalue weighted by Crippen LogP contribution is 2.24. The van der Waals surface area contributed by atoms with Gasteiger partial charge in [0.05, 0.1) is 10.7 Å². The molecule has 6 heteroatoms. The number of benzene rings is 1. The molecule has 2 aromatic rings. The van der Waals surface area contributed by atoms with Gasteiger partial charge in [-0.1, -0.05) is 23.7 Å². The molecule has 3 N–H and O–H groups in total. The maximum atomic E-state index is 11.2. The molecule has 0 bridgehead atoms. The number of para-hydroxylation sites is 1. The lowest BCUT2D eigenvalue weighted by molar-refractivity contribution is 0.0995. The number of carbonyl (C=O) groups is 1. The fourth-order valence-corrected chi connectivity index (χ4v) is 2.18. The number of nitrogens with one attached hydrogen (secondary N) is 1. The average Bonchev–Trinajstić information content (AvgIpc) is 2.85. The topological polar surface area (TPSA) is 72.9 Å². The van der Waals surface area contributed by atoms with Gasteiger partial charge in [-0.05, 0) is 38.5 Å². The molecule has 2 rings (SSSR count). The minimum absolute atomic E-state index is 0.0118. The van der Waals surface area contributed by atoms with Crippen molar-refractivity contribution in [2.24, 2.45) is 5.73 Å². The zero-order valence-electron chi connectivity index (χ0n) is 12.4. The molecule has 0 aliphatic rings. The van der Waals surface area contributed by atoms with Crippen molar-refractivity contribution in [1.82, 2.24) is 15.1 Å². The predicted molar refractivity (Wildman–Crippen MR) is 83.7 cm³/mol. The van der Waals surface area contributed by atoms with Gasteiger partial charge in [0.25, 0.3) is 5.91 Å². The molecule has 5 nitrogen and oxygen atoms in total. The van der Waals surface area contributed by atoms with Gasteiger partial charge in [-0.2, -0.15) is 5.10 Å². The molecule has 1 amide bonds. The predicted octanol–water partition coefficient (Wildman–Crippen LogP) is 2.51. The van der Waals surface area contributed by atoms with Crippen LogP contribution in [0.15, 0.2) is 30.5 Å².